The molecule has 1 aromatic heterocycles. The maximum absolute atomic E-state index is 11.7. The second-order valence-corrected chi connectivity index (χ2v) is 3.68. The molecular formula is C10H14N4O2. The van der Waals surface area contributed by atoms with Gasteiger partial charge in [-0.3, -0.25) is 14.3 Å². The van der Waals surface area contributed by atoms with Gasteiger partial charge in [-0.2, -0.15) is 5.10 Å². The van der Waals surface area contributed by atoms with Gasteiger partial charge in [-0.25, -0.2) is 0 Å². The van der Waals surface area contributed by atoms with Crippen LogP contribution in [0.15, 0.2) is 18.5 Å². The van der Waals surface area contributed by atoms with Gasteiger partial charge in [0, 0.05) is 38.4 Å². The molecule has 0 bridgehead atoms. The topological polar surface area (TPSA) is 67.2 Å². The predicted octanol–water partition coefficient (Wildman–Crippen LogP) is -0.768. The highest BCUT2D eigenvalue weighted by atomic mass is 16.2. The smallest absolute Gasteiger partial charge is 0.239 e. The van der Waals surface area contributed by atoms with E-state index >= 15 is 0 Å². The summed E-state index contributed by atoms with van der Waals surface area (Å²) in [5.41, 5.74) is 0. The van der Waals surface area contributed by atoms with E-state index in [1.165, 1.54) is 0 Å². The molecule has 1 N–H and O–H groups in total. The normalized spacial score (nSPS) is 16.0. The zero-order chi connectivity index (χ0) is 11.4. The number of piperazine rings is 1. The van der Waals surface area contributed by atoms with Gasteiger partial charge in [-0.15, -0.1) is 0 Å². The monoisotopic (exact) mass is 222 g/mol. The molecule has 1 aliphatic rings. The minimum atomic E-state index is -0.0845. The van der Waals surface area contributed by atoms with Gasteiger partial charge in [0.25, 0.3) is 0 Å². The van der Waals surface area contributed by atoms with E-state index in [2.05, 4.69) is 10.4 Å². The van der Waals surface area contributed by atoms with Crippen LogP contribution in [0.5, 0.6) is 0 Å². The van der Waals surface area contributed by atoms with Gasteiger partial charge in [-0.1, -0.05) is 0 Å². The second kappa shape index (κ2) is 4.78. The minimum absolute atomic E-state index is 0.00495. The van der Waals surface area contributed by atoms with Crippen molar-refractivity contribution in [1.82, 2.24) is 20.0 Å². The molecular weight excluding hydrogens is 208 g/mol. The SMILES string of the molecule is O=C1CN(C(=O)CCn2cccn2)CCN1. The lowest BCUT2D eigenvalue weighted by Gasteiger charge is -2.26. The summed E-state index contributed by atoms with van der Waals surface area (Å²) in [5, 5.41) is 6.70. The van der Waals surface area contributed by atoms with Crippen LogP contribution in [0.3, 0.4) is 0 Å². The molecule has 1 aromatic rings. The van der Waals surface area contributed by atoms with E-state index in [1.54, 1.807) is 15.8 Å². The third-order valence-corrected chi connectivity index (χ3v) is 2.51. The van der Waals surface area contributed by atoms with E-state index in [0.717, 1.165) is 0 Å². The van der Waals surface area contributed by atoms with Crippen LogP contribution >= 0.6 is 0 Å². The fourth-order valence-corrected chi connectivity index (χ4v) is 1.65. The van der Waals surface area contributed by atoms with Gasteiger partial charge >= 0.3 is 0 Å². The molecule has 0 aromatic carbocycles. The Morgan fingerprint density at radius 1 is 1.56 bits per heavy atom. The van der Waals surface area contributed by atoms with Crippen LogP contribution in [0, 0.1) is 0 Å². The van der Waals surface area contributed by atoms with E-state index < -0.39 is 0 Å². The molecule has 0 atom stereocenters. The Labute approximate surface area is 93.2 Å². The highest BCUT2D eigenvalue weighted by molar-refractivity contribution is 5.85. The van der Waals surface area contributed by atoms with Crippen molar-refractivity contribution in [2.24, 2.45) is 0 Å². The Bertz CT molecular complexity index is 374. The lowest BCUT2D eigenvalue weighted by molar-refractivity contribution is -0.138. The van der Waals surface area contributed by atoms with Gasteiger partial charge < -0.3 is 10.2 Å². The summed E-state index contributed by atoms with van der Waals surface area (Å²) in [4.78, 5) is 24.4. The van der Waals surface area contributed by atoms with Crippen molar-refractivity contribution in [3.05, 3.63) is 18.5 Å². The maximum Gasteiger partial charge on any atom is 0.239 e. The van der Waals surface area contributed by atoms with E-state index in [-0.39, 0.29) is 18.4 Å². The van der Waals surface area contributed by atoms with Crippen molar-refractivity contribution in [2.75, 3.05) is 19.6 Å². The summed E-state index contributed by atoms with van der Waals surface area (Å²) < 4.78 is 1.71. The quantitative estimate of drug-likeness (QED) is 0.730. The fourth-order valence-electron chi connectivity index (χ4n) is 1.65. The van der Waals surface area contributed by atoms with Gasteiger partial charge in [-0.05, 0) is 6.07 Å². The van der Waals surface area contributed by atoms with Crippen LogP contribution in [0.2, 0.25) is 0 Å². The second-order valence-electron chi connectivity index (χ2n) is 3.68. The molecule has 2 rings (SSSR count). The van der Waals surface area contributed by atoms with Crippen molar-refractivity contribution >= 4 is 11.8 Å². The largest absolute Gasteiger partial charge is 0.353 e. The van der Waals surface area contributed by atoms with E-state index in [4.69, 9.17) is 0 Å². The molecule has 2 heterocycles. The molecule has 1 aliphatic heterocycles. The van der Waals surface area contributed by atoms with Crippen LogP contribution in [-0.4, -0.2) is 46.1 Å². The van der Waals surface area contributed by atoms with Crippen LogP contribution < -0.4 is 5.32 Å². The highest BCUT2D eigenvalue weighted by Crippen LogP contribution is 1.99. The molecule has 86 valence electrons. The molecule has 0 saturated carbocycles. The number of aryl methyl sites for hydroxylation is 1. The highest BCUT2D eigenvalue weighted by Gasteiger charge is 2.20. The third-order valence-electron chi connectivity index (χ3n) is 2.51. The van der Waals surface area contributed by atoms with Crippen LogP contribution in [0.4, 0.5) is 0 Å². The predicted molar refractivity (Wildman–Crippen MR) is 56.4 cm³/mol. The maximum atomic E-state index is 11.7. The summed E-state index contributed by atoms with van der Waals surface area (Å²) in [6.07, 6.45) is 3.88. The molecule has 1 saturated heterocycles. The summed E-state index contributed by atoms with van der Waals surface area (Å²) >= 11 is 0. The van der Waals surface area contributed by atoms with Crippen molar-refractivity contribution in [3.63, 3.8) is 0 Å². The molecule has 0 aliphatic carbocycles. The molecule has 6 nitrogen and oxygen atoms in total. The number of carbonyl (C=O) groups excluding carboxylic acids is 2. The first-order valence-electron chi connectivity index (χ1n) is 5.27. The number of nitrogens with one attached hydrogen (secondary N) is 1. The summed E-state index contributed by atoms with van der Waals surface area (Å²) in [7, 11) is 0. The molecule has 0 spiro atoms. The molecule has 1 fully saturated rings. The van der Waals surface area contributed by atoms with Crippen molar-refractivity contribution < 1.29 is 9.59 Å². The zero-order valence-corrected chi connectivity index (χ0v) is 8.93. The third kappa shape index (κ3) is 2.59. The Morgan fingerprint density at radius 3 is 3.12 bits per heavy atom. The summed E-state index contributed by atoms with van der Waals surface area (Å²) in [6.45, 7) is 1.89. The van der Waals surface area contributed by atoms with Crippen LogP contribution in [0.1, 0.15) is 6.42 Å². The number of hydrogen-bond acceptors (Lipinski definition) is 3. The first kappa shape index (κ1) is 10.7. The first-order valence-corrected chi connectivity index (χ1v) is 5.27. The molecule has 0 radical (unpaired) electrons. The Morgan fingerprint density at radius 2 is 2.44 bits per heavy atom. The van der Waals surface area contributed by atoms with E-state index in [9.17, 15) is 9.59 Å². The van der Waals surface area contributed by atoms with Crippen LogP contribution in [0.25, 0.3) is 0 Å². The summed E-state index contributed by atoms with van der Waals surface area (Å²) in [5.74, 6) is -0.0796. The van der Waals surface area contributed by atoms with Gasteiger partial charge in [0.2, 0.25) is 11.8 Å². The van der Waals surface area contributed by atoms with Crippen molar-refractivity contribution in [1.29, 1.82) is 0 Å². The zero-order valence-electron chi connectivity index (χ0n) is 8.93. The number of amides is 2. The van der Waals surface area contributed by atoms with Crippen molar-refractivity contribution in [3.8, 4) is 0 Å². The summed E-state index contributed by atoms with van der Waals surface area (Å²) in [6, 6.07) is 1.82. The molecule has 6 heteroatoms. The van der Waals surface area contributed by atoms with Gasteiger partial charge in [0.05, 0.1) is 6.54 Å². The number of nitrogens with zero attached hydrogens (tertiary/aromatic N) is 3. The standard InChI is InChI=1S/C10H14N4O2/c15-9-8-13(7-4-11-9)10(16)2-6-14-5-1-3-12-14/h1,3,5H,2,4,6-8H2,(H,11,15). The van der Waals surface area contributed by atoms with Gasteiger partial charge in [0.1, 0.15) is 0 Å². The first-order chi connectivity index (χ1) is 7.75. The average molecular weight is 222 g/mol. The molecule has 16 heavy (non-hydrogen) atoms. The lowest BCUT2D eigenvalue weighted by atomic mass is 10.3. The Balaban J connectivity index is 1.81. The van der Waals surface area contributed by atoms with Crippen LogP contribution in [-0.2, 0) is 16.1 Å². The Kier molecular flexibility index (Phi) is 3.19. The minimum Gasteiger partial charge on any atom is -0.353 e. The van der Waals surface area contributed by atoms with E-state index in [1.807, 2.05) is 12.3 Å². The number of hydrogen-bond donors (Lipinski definition) is 1. The number of rotatable bonds is 3. The fraction of sp³-hybridized carbons (Fsp3) is 0.500. The lowest BCUT2D eigenvalue weighted by Crippen LogP contribution is -2.50. The van der Waals surface area contributed by atoms with Gasteiger partial charge in [0.15, 0.2) is 0 Å². The average Bonchev–Trinajstić information content (AvgIpc) is 2.78. The molecule has 0 unspecified atom stereocenters. The number of carbonyl (C=O) groups is 2. The Hall–Kier alpha value is -1.85. The van der Waals surface area contributed by atoms with Crippen molar-refractivity contribution in [2.45, 2.75) is 13.0 Å². The van der Waals surface area contributed by atoms with E-state index in [0.29, 0.717) is 26.1 Å². The molecule has 2 amide bonds. The number of aromatic nitrogens is 2.